The predicted molar refractivity (Wildman–Crippen MR) is 83.6 cm³/mol. The summed E-state index contributed by atoms with van der Waals surface area (Å²) in [5, 5.41) is 6.13. The van der Waals surface area contributed by atoms with Crippen molar-refractivity contribution in [2.75, 3.05) is 11.9 Å². The average molecular weight is 285 g/mol. The number of hydrogen-bond acceptors (Lipinski definition) is 3. The zero-order valence-corrected chi connectivity index (χ0v) is 12.2. The van der Waals surface area contributed by atoms with Gasteiger partial charge in [-0.1, -0.05) is 25.1 Å². The first kappa shape index (κ1) is 15.0. The van der Waals surface area contributed by atoms with Crippen LogP contribution in [-0.2, 0) is 6.54 Å². The van der Waals surface area contributed by atoms with Gasteiger partial charge in [-0.05, 0) is 30.7 Å². The zero-order valence-electron chi connectivity index (χ0n) is 12.2. The molecule has 21 heavy (non-hydrogen) atoms. The first-order valence-electron chi connectivity index (χ1n) is 6.91. The molecule has 1 heterocycles. The molecule has 0 saturated carbocycles. The van der Waals surface area contributed by atoms with Gasteiger partial charge in [-0.2, -0.15) is 0 Å². The predicted octanol–water partition coefficient (Wildman–Crippen LogP) is 2.05. The van der Waals surface area contributed by atoms with Gasteiger partial charge in [-0.3, -0.25) is 9.59 Å². The fourth-order valence-corrected chi connectivity index (χ4v) is 2.06. The average Bonchev–Trinajstić information content (AvgIpc) is 2.46. The molecule has 1 amide bonds. The number of hydrogen-bond donors (Lipinski definition) is 3. The van der Waals surface area contributed by atoms with Crippen molar-refractivity contribution < 1.29 is 4.79 Å². The van der Waals surface area contributed by atoms with E-state index >= 15 is 0 Å². The van der Waals surface area contributed by atoms with E-state index in [0.717, 1.165) is 17.8 Å². The molecular formula is C16H19N3O2. The highest BCUT2D eigenvalue weighted by Gasteiger charge is 2.11. The maximum atomic E-state index is 12.3. The first-order chi connectivity index (χ1) is 10.1. The van der Waals surface area contributed by atoms with Crippen molar-refractivity contribution in [1.29, 1.82) is 0 Å². The van der Waals surface area contributed by atoms with Crippen LogP contribution in [0.15, 0.2) is 41.3 Å². The Bertz CT molecular complexity index is 692. The summed E-state index contributed by atoms with van der Waals surface area (Å²) in [7, 11) is 0. The van der Waals surface area contributed by atoms with Crippen LogP contribution >= 0.6 is 0 Å². The molecule has 5 heteroatoms. The number of carbonyl (C=O) groups is 1. The largest absolute Gasteiger partial charge is 0.328 e. The SMILES string of the molecule is CCNCc1ccccc1NC(=O)c1c[nH]c(=O)cc1C. The molecule has 0 aliphatic rings. The van der Waals surface area contributed by atoms with Crippen molar-refractivity contribution >= 4 is 11.6 Å². The molecule has 0 atom stereocenters. The Morgan fingerprint density at radius 2 is 2.05 bits per heavy atom. The fraction of sp³-hybridized carbons (Fsp3) is 0.250. The summed E-state index contributed by atoms with van der Waals surface area (Å²) in [5.41, 5.74) is 2.70. The number of aryl methyl sites for hydroxylation is 1. The van der Waals surface area contributed by atoms with Crippen LogP contribution < -0.4 is 16.2 Å². The van der Waals surface area contributed by atoms with Crippen LogP contribution in [-0.4, -0.2) is 17.4 Å². The topological polar surface area (TPSA) is 74.0 Å². The van der Waals surface area contributed by atoms with Gasteiger partial charge in [-0.15, -0.1) is 0 Å². The number of aromatic nitrogens is 1. The molecule has 0 bridgehead atoms. The van der Waals surface area contributed by atoms with E-state index < -0.39 is 0 Å². The summed E-state index contributed by atoms with van der Waals surface area (Å²) in [6, 6.07) is 9.07. The highest BCUT2D eigenvalue weighted by Crippen LogP contribution is 2.16. The highest BCUT2D eigenvalue weighted by molar-refractivity contribution is 6.05. The first-order valence-corrected chi connectivity index (χ1v) is 6.91. The quantitative estimate of drug-likeness (QED) is 0.787. The Balaban J connectivity index is 2.21. The molecule has 0 aliphatic heterocycles. The Morgan fingerprint density at radius 1 is 1.29 bits per heavy atom. The summed E-state index contributed by atoms with van der Waals surface area (Å²) in [6.07, 6.45) is 1.44. The Morgan fingerprint density at radius 3 is 2.76 bits per heavy atom. The third kappa shape index (κ3) is 3.79. The molecule has 0 unspecified atom stereocenters. The van der Waals surface area contributed by atoms with E-state index in [1.807, 2.05) is 31.2 Å². The smallest absolute Gasteiger partial charge is 0.257 e. The maximum absolute atomic E-state index is 12.3. The summed E-state index contributed by atoms with van der Waals surface area (Å²) in [6.45, 7) is 5.33. The molecule has 0 saturated heterocycles. The van der Waals surface area contributed by atoms with E-state index in [9.17, 15) is 9.59 Å². The van der Waals surface area contributed by atoms with Crippen LogP contribution in [0.4, 0.5) is 5.69 Å². The number of anilines is 1. The standard InChI is InChI=1S/C16H19N3O2/c1-3-17-9-12-6-4-5-7-14(12)19-16(21)13-10-18-15(20)8-11(13)2/h4-8,10,17H,3,9H2,1-2H3,(H,18,20)(H,19,21). The second-order valence-electron chi connectivity index (χ2n) is 4.79. The van der Waals surface area contributed by atoms with Crippen molar-refractivity contribution in [2.45, 2.75) is 20.4 Å². The molecule has 0 fully saturated rings. The van der Waals surface area contributed by atoms with Gasteiger partial charge in [0.15, 0.2) is 0 Å². The zero-order chi connectivity index (χ0) is 15.2. The van der Waals surface area contributed by atoms with Crippen molar-refractivity contribution in [3.05, 3.63) is 63.6 Å². The Hall–Kier alpha value is -2.40. The lowest BCUT2D eigenvalue weighted by Crippen LogP contribution is -2.19. The summed E-state index contributed by atoms with van der Waals surface area (Å²) in [5.74, 6) is -0.229. The third-order valence-corrected chi connectivity index (χ3v) is 3.21. The van der Waals surface area contributed by atoms with Gasteiger partial charge in [0, 0.05) is 24.5 Å². The van der Waals surface area contributed by atoms with E-state index in [2.05, 4.69) is 15.6 Å². The van der Waals surface area contributed by atoms with Crippen molar-refractivity contribution in [3.8, 4) is 0 Å². The number of nitrogens with one attached hydrogen (secondary N) is 3. The fourth-order valence-electron chi connectivity index (χ4n) is 2.06. The van der Waals surface area contributed by atoms with Crippen molar-refractivity contribution in [3.63, 3.8) is 0 Å². The van der Waals surface area contributed by atoms with Crippen LogP contribution in [0.3, 0.4) is 0 Å². The lowest BCUT2D eigenvalue weighted by molar-refractivity contribution is 0.102. The minimum atomic E-state index is -0.229. The van der Waals surface area contributed by atoms with Gasteiger partial charge in [0.2, 0.25) is 5.56 Å². The van der Waals surface area contributed by atoms with Crippen LogP contribution in [0, 0.1) is 6.92 Å². The molecule has 1 aromatic carbocycles. The van der Waals surface area contributed by atoms with Crippen LogP contribution in [0.2, 0.25) is 0 Å². The number of H-pyrrole nitrogens is 1. The summed E-state index contributed by atoms with van der Waals surface area (Å²) >= 11 is 0. The van der Waals surface area contributed by atoms with Crippen LogP contribution in [0.25, 0.3) is 0 Å². The normalized spacial score (nSPS) is 10.4. The number of pyridine rings is 1. The third-order valence-electron chi connectivity index (χ3n) is 3.21. The molecule has 2 rings (SSSR count). The monoisotopic (exact) mass is 285 g/mol. The van der Waals surface area contributed by atoms with Gasteiger partial charge < -0.3 is 15.6 Å². The lowest BCUT2D eigenvalue weighted by Gasteiger charge is -2.12. The number of benzene rings is 1. The molecule has 0 spiro atoms. The van der Waals surface area contributed by atoms with Crippen molar-refractivity contribution in [2.24, 2.45) is 0 Å². The molecule has 2 aromatic rings. The second kappa shape index (κ2) is 6.85. The van der Waals surface area contributed by atoms with E-state index in [4.69, 9.17) is 0 Å². The van der Waals surface area contributed by atoms with E-state index in [1.54, 1.807) is 6.92 Å². The molecule has 5 nitrogen and oxygen atoms in total. The van der Waals surface area contributed by atoms with Gasteiger partial charge in [0.1, 0.15) is 0 Å². The molecule has 110 valence electrons. The highest BCUT2D eigenvalue weighted by atomic mass is 16.1. The number of para-hydroxylation sites is 1. The Labute approximate surface area is 123 Å². The number of aromatic amines is 1. The maximum Gasteiger partial charge on any atom is 0.257 e. The Kier molecular flexibility index (Phi) is 4.90. The molecule has 0 radical (unpaired) electrons. The van der Waals surface area contributed by atoms with E-state index in [0.29, 0.717) is 17.7 Å². The lowest BCUT2D eigenvalue weighted by atomic mass is 10.1. The van der Waals surface area contributed by atoms with Crippen molar-refractivity contribution in [1.82, 2.24) is 10.3 Å². The van der Waals surface area contributed by atoms with Gasteiger partial charge in [-0.25, -0.2) is 0 Å². The minimum absolute atomic E-state index is 0.211. The molecule has 0 aliphatic carbocycles. The molecular weight excluding hydrogens is 266 g/mol. The number of carbonyl (C=O) groups excluding carboxylic acids is 1. The van der Waals surface area contributed by atoms with E-state index in [1.165, 1.54) is 12.3 Å². The van der Waals surface area contributed by atoms with Gasteiger partial charge in [0.25, 0.3) is 5.91 Å². The van der Waals surface area contributed by atoms with Gasteiger partial charge in [0.05, 0.1) is 5.56 Å². The minimum Gasteiger partial charge on any atom is -0.328 e. The number of amides is 1. The summed E-state index contributed by atoms with van der Waals surface area (Å²) < 4.78 is 0. The molecule has 3 N–H and O–H groups in total. The summed E-state index contributed by atoms with van der Waals surface area (Å²) in [4.78, 5) is 26.0. The number of rotatable bonds is 5. The van der Waals surface area contributed by atoms with E-state index in [-0.39, 0.29) is 11.5 Å². The van der Waals surface area contributed by atoms with Crippen LogP contribution in [0.1, 0.15) is 28.4 Å². The van der Waals surface area contributed by atoms with Gasteiger partial charge >= 0.3 is 0 Å². The van der Waals surface area contributed by atoms with Crippen LogP contribution in [0.5, 0.6) is 0 Å². The second-order valence-corrected chi connectivity index (χ2v) is 4.79. The molecule has 1 aromatic heterocycles.